The number of unbranched alkanes of at least 4 members (excludes halogenated alkanes) is 14. The van der Waals surface area contributed by atoms with Gasteiger partial charge in [-0.25, -0.2) is 0 Å². The summed E-state index contributed by atoms with van der Waals surface area (Å²) >= 11 is 0. The highest BCUT2D eigenvalue weighted by atomic mass is 16.5. The monoisotopic (exact) mass is 680 g/mol. The van der Waals surface area contributed by atoms with Crippen molar-refractivity contribution in [1.29, 1.82) is 0 Å². The van der Waals surface area contributed by atoms with Crippen LogP contribution in [0.15, 0.2) is 68.9 Å². The predicted molar refractivity (Wildman–Crippen MR) is 199 cm³/mol. The van der Waals surface area contributed by atoms with Crippen molar-refractivity contribution in [2.75, 3.05) is 13.2 Å². The Hall–Kier alpha value is -4.46. The minimum Gasteiger partial charge on any atom is -0.494 e. The van der Waals surface area contributed by atoms with Gasteiger partial charge in [0.2, 0.25) is 0 Å². The normalized spacial score (nSPS) is 14.3. The molecule has 0 saturated carbocycles. The first-order valence-electron chi connectivity index (χ1n) is 19.0. The Bertz CT molecular complexity index is 1710. The number of ether oxygens (including phenoxy) is 2. The van der Waals surface area contributed by atoms with Crippen molar-refractivity contribution in [2.45, 2.75) is 117 Å². The van der Waals surface area contributed by atoms with E-state index in [1.165, 1.54) is 77.0 Å². The number of nitrogens with one attached hydrogen (secondary N) is 2. The second kappa shape index (κ2) is 17.5. The van der Waals surface area contributed by atoms with Gasteiger partial charge in [-0.1, -0.05) is 104 Å². The largest absolute Gasteiger partial charge is 0.494 e. The molecule has 2 aliphatic rings. The lowest BCUT2D eigenvalue weighted by molar-refractivity contribution is -0.117. The molecule has 2 aromatic heterocycles. The molecule has 0 atom stereocenters. The van der Waals surface area contributed by atoms with Gasteiger partial charge in [-0.2, -0.15) is 0 Å². The van der Waals surface area contributed by atoms with E-state index in [0.717, 1.165) is 58.7 Å². The van der Waals surface area contributed by atoms with E-state index < -0.39 is 0 Å². The molecular formula is C42H52N2O6. The van der Waals surface area contributed by atoms with Crippen molar-refractivity contribution in [3.63, 3.8) is 0 Å². The van der Waals surface area contributed by atoms with Crippen LogP contribution in [-0.2, 0) is 9.59 Å². The smallest absolute Gasteiger partial charge is 0.258 e. The summed E-state index contributed by atoms with van der Waals surface area (Å²) in [5.41, 5.74) is 1.19. The first-order valence-corrected chi connectivity index (χ1v) is 19.0. The molecule has 2 N–H and O–H groups in total. The number of fused-ring (bicyclic) bond motifs is 3. The van der Waals surface area contributed by atoms with E-state index >= 15 is 0 Å². The fourth-order valence-corrected chi connectivity index (χ4v) is 6.98. The van der Waals surface area contributed by atoms with Crippen LogP contribution in [0.2, 0.25) is 0 Å². The highest BCUT2D eigenvalue weighted by molar-refractivity contribution is 6.31. The van der Waals surface area contributed by atoms with Gasteiger partial charge in [0.05, 0.1) is 48.3 Å². The van der Waals surface area contributed by atoms with Gasteiger partial charge in [0.15, 0.2) is 11.5 Å². The molecule has 0 saturated heterocycles. The fourth-order valence-electron chi connectivity index (χ4n) is 6.98. The van der Waals surface area contributed by atoms with Crippen LogP contribution in [0.4, 0.5) is 0 Å². The molecule has 0 aliphatic carbocycles. The molecule has 2 aliphatic heterocycles. The van der Waals surface area contributed by atoms with Crippen LogP contribution in [0.1, 0.15) is 128 Å². The van der Waals surface area contributed by atoms with E-state index in [9.17, 15) is 9.59 Å². The van der Waals surface area contributed by atoms with Gasteiger partial charge in [0.1, 0.15) is 11.5 Å². The summed E-state index contributed by atoms with van der Waals surface area (Å²) in [6.07, 6.45) is 23.1. The van der Waals surface area contributed by atoms with E-state index in [4.69, 9.17) is 18.3 Å². The van der Waals surface area contributed by atoms with E-state index in [1.807, 2.05) is 36.4 Å². The van der Waals surface area contributed by atoms with E-state index in [-0.39, 0.29) is 23.0 Å². The molecule has 2 amide bonds. The summed E-state index contributed by atoms with van der Waals surface area (Å²) in [5.74, 6) is 1.53. The SMILES string of the molecule is CCCCCCCCCCOc1ccc2coc(C3=C4C(=O)NC(c5occ6ccc(OCCCCCCCCCC)cc56)=C4C(=O)N3)c2c1. The number of rotatable bonds is 22. The Morgan fingerprint density at radius 1 is 0.520 bits per heavy atom. The lowest BCUT2D eigenvalue weighted by Gasteiger charge is -2.08. The van der Waals surface area contributed by atoms with Gasteiger partial charge < -0.3 is 28.9 Å². The van der Waals surface area contributed by atoms with Crippen LogP contribution in [-0.4, -0.2) is 25.0 Å². The highest BCUT2D eigenvalue weighted by Crippen LogP contribution is 2.42. The molecule has 4 aromatic rings. The maximum Gasteiger partial charge on any atom is 0.258 e. The van der Waals surface area contributed by atoms with Crippen molar-refractivity contribution < 1.29 is 27.9 Å². The number of hydrogen-bond acceptors (Lipinski definition) is 6. The summed E-state index contributed by atoms with van der Waals surface area (Å²) < 4.78 is 24.2. The van der Waals surface area contributed by atoms with Crippen LogP contribution in [0.25, 0.3) is 32.9 Å². The molecular weight excluding hydrogens is 628 g/mol. The van der Waals surface area contributed by atoms with Gasteiger partial charge in [-0.15, -0.1) is 0 Å². The van der Waals surface area contributed by atoms with Crippen molar-refractivity contribution >= 4 is 44.8 Å². The first kappa shape index (κ1) is 35.4. The van der Waals surface area contributed by atoms with Crippen LogP contribution < -0.4 is 20.1 Å². The standard InChI is InChI=1S/C42H52N2O6/c1-3-5-7-9-11-13-15-17-23-47-31-21-19-29-27-49-39(33(29)25-31)37-35-36(42(46)43-37)38(44-41(35)45)40-34-26-32(22-20-30(34)28-50-40)48-24-18-16-14-12-10-8-6-4-2/h19-22,25-28H,3-18,23-24H2,1-2H3,(H,43,46)(H,44,45). The maximum atomic E-state index is 13.5. The predicted octanol–water partition coefficient (Wildman–Crippen LogP) is 10.6. The molecule has 0 bridgehead atoms. The minimum atomic E-state index is -0.387. The van der Waals surface area contributed by atoms with Crippen molar-refractivity contribution in [2.24, 2.45) is 0 Å². The van der Waals surface area contributed by atoms with Crippen molar-refractivity contribution in [3.8, 4) is 11.5 Å². The average molecular weight is 681 g/mol. The van der Waals surface area contributed by atoms with Crippen LogP contribution in [0.5, 0.6) is 11.5 Å². The zero-order chi connectivity index (χ0) is 34.7. The molecule has 0 radical (unpaired) electrons. The third-order valence-electron chi connectivity index (χ3n) is 9.81. The second-order valence-corrected chi connectivity index (χ2v) is 13.7. The Morgan fingerprint density at radius 2 is 0.900 bits per heavy atom. The molecule has 0 fully saturated rings. The molecule has 50 heavy (non-hydrogen) atoms. The van der Waals surface area contributed by atoms with Gasteiger partial charge in [-0.05, 0) is 49.2 Å². The molecule has 2 aromatic carbocycles. The van der Waals surface area contributed by atoms with Crippen molar-refractivity contribution in [3.05, 3.63) is 71.6 Å². The average Bonchev–Trinajstić information content (AvgIpc) is 3.90. The summed E-state index contributed by atoms with van der Waals surface area (Å²) in [4.78, 5) is 27.0. The minimum absolute atomic E-state index is 0.248. The quantitative estimate of drug-likeness (QED) is 0.0801. The fraction of sp³-hybridized carbons (Fsp3) is 0.476. The number of amides is 2. The lowest BCUT2D eigenvalue weighted by atomic mass is 10.0. The summed E-state index contributed by atoms with van der Waals surface area (Å²) in [5, 5.41) is 9.08. The topological polar surface area (TPSA) is 103 Å². The number of hydrogen-bond donors (Lipinski definition) is 2. The van der Waals surface area contributed by atoms with Gasteiger partial charge in [0, 0.05) is 21.5 Å². The molecule has 8 nitrogen and oxygen atoms in total. The molecule has 4 heterocycles. The third kappa shape index (κ3) is 8.28. The number of benzene rings is 2. The van der Waals surface area contributed by atoms with Crippen LogP contribution in [0, 0.1) is 0 Å². The highest BCUT2D eigenvalue weighted by Gasteiger charge is 2.43. The summed E-state index contributed by atoms with van der Waals surface area (Å²) in [7, 11) is 0. The molecule has 266 valence electrons. The zero-order valence-corrected chi connectivity index (χ0v) is 29.8. The number of furan rings is 2. The Morgan fingerprint density at radius 3 is 1.30 bits per heavy atom. The van der Waals surface area contributed by atoms with Gasteiger partial charge in [0.25, 0.3) is 11.8 Å². The summed E-state index contributed by atoms with van der Waals surface area (Å²) in [6.45, 7) is 5.76. The first-order chi connectivity index (χ1) is 24.6. The maximum absolute atomic E-state index is 13.5. The van der Waals surface area contributed by atoms with Gasteiger partial charge >= 0.3 is 0 Å². The second-order valence-electron chi connectivity index (χ2n) is 13.7. The van der Waals surface area contributed by atoms with E-state index in [1.54, 1.807) is 12.5 Å². The van der Waals surface area contributed by atoms with Crippen molar-refractivity contribution in [1.82, 2.24) is 10.6 Å². The Labute approximate surface area is 295 Å². The number of carbonyl (C=O) groups is 2. The van der Waals surface area contributed by atoms with E-state index in [0.29, 0.717) is 36.1 Å². The van der Waals surface area contributed by atoms with Gasteiger partial charge in [-0.3, -0.25) is 9.59 Å². The third-order valence-corrected chi connectivity index (χ3v) is 9.81. The van der Waals surface area contributed by atoms with Crippen LogP contribution >= 0.6 is 0 Å². The Balaban J connectivity index is 1.13. The number of carbonyl (C=O) groups excluding carboxylic acids is 2. The molecule has 0 spiro atoms. The van der Waals surface area contributed by atoms with E-state index in [2.05, 4.69) is 24.5 Å². The Kier molecular flexibility index (Phi) is 12.4. The molecule has 6 rings (SSSR count). The molecule has 8 heteroatoms. The van der Waals surface area contributed by atoms with Crippen LogP contribution in [0.3, 0.4) is 0 Å². The summed E-state index contributed by atoms with van der Waals surface area (Å²) in [6, 6.07) is 11.6. The zero-order valence-electron chi connectivity index (χ0n) is 29.8. The molecule has 0 unspecified atom stereocenters. The lowest BCUT2D eigenvalue weighted by Crippen LogP contribution is -2.21.